The molecule has 0 unspecified atom stereocenters. The van der Waals surface area contributed by atoms with Crippen LogP contribution in [0.4, 0.5) is 34.1 Å². The van der Waals surface area contributed by atoms with E-state index in [1.165, 1.54) is 66.8 Å². The van der Waals surface area contributed by atoms with Crippen LogP contribution in [-0.4, -0.2) is 36.2 Å². The highest BCUT2D eigenvalue weighted by Gasteiger charge is 2.43. The quantitative estimate of drug-likeness (QED) is 0.126. The van der Waals surface area contributed by atoms with Gasteiger partial charge in [0, 0.05) is 83.7 Å². The van der Waals surface area contributed by atoms with E-state index in [0.717, 1.165) is 89.4 Å². The van der Waals surface area contributed by atoms with Crippen LogP contribution >= 0.6 is 0 Å². The van der Waals surface area contributed by atoms with Gasteiger partial charge in [0.05, 0.1) is 28.1 Å². The van der Waals surface area contributed by atoms with E-state index in [1.807, 2.05) is 60.7 Å². The molecular weight excluding hydrogens is 1180 g/mol. The summed E-state index contributed by atoms with van der Waals surface area (Å²) in [5.41, 5.74) is 28.0. The highest BCUT2D eigenvalue weighted by atomic mass is 15.2. The van der Waals surface area contributed by atoms with Crippen LogP contribution in [0.15, 0.2) is 322 Å². The van der Waals surface area contributed by atoms with Gasteiger partial charge in [0.1, 0.15) is 0 Å². The molecule has 0 atom stereocenters. The first-order chi connectivity index (χ1) is 47.9. The third-order valence-corrected chi connectivity index (χ3v) is 20.0. The van der Waals surface area contributed by atoms with Gasteiger partial charge >= 0.3 is 0 Å². The van der Waals surface area contributed by atoms with E-state index in [-0.39, 0.29) is 12.1 Å². The molecule has 2 aliphatic heterocycles. The maximum absolute atomic E-state index is 5.73. The molecule has 97 heavy (non-hydrogen) atoms. The molecule has 8 nitrogen and oxygen atoms in total. The summed E-state index contributed by atoms with van der Waals surface area (Å²) in [6, 6.07) is 115. The minimum atomic E-state index is -0.232. The van der Waals surface area contributed by atoms with E-state index in [1.54, 1.807) is 0 Å². The van der Waals surface area contributed by atoms with Crippen LogP contribution in [0.25, 0.3) is 118 Å². The molecule has 16 aromatic rings. The van der Waals surface area contributed by atoms with Gasteiger partial charge in [-0.2, -0.15) is 0 Å². The van der Waals surface area contributed by atoms with Gasteiger partial charge in [-0.25, -0.2) is 24.9 Å². The first-order valence-corrected chi connectivity index (χ1v) is 33.2. The van der Waals surface area contributed by atoms with Crippen LogP contribution in [0.2, 0.25) is 0 Å². The molecule has 3 aliphatic rings. The zero-order valence-corrected chi connectivity index (χ0v) is 53.3. The third kappa shape index (κ3) is 9.11. The van der Waals surface area contributed by atoms with Gasteiger partial charge < -0.3 is 14.4 Å². The molecule has 0 spiro atoms. The Morgan fingerprint density at radius 1 is 0.278 bits per heavy atom. The van der Waals surface area contributed by atoms with Gasteiger partial charge in [-0.3, -0.25) is 0 Å². The number of anilines is 6. The summed E-state index contributed by atoms with van der Waals surface area (Å²) in [6.45, 7) is 4.77. The van der Waals surface area contributed by atoms with Crippen molar-refractivity contribution in [3.63, 3.8) is 0 Å². The van der Waals surface area contributed by atoms with Crippen molar-refractivity contribution in [2.75, 3.05) is 9.80 Å². The van der Waals surface area contributed by atoms with E-state index in [0.29, 0.717) is 23.3 Å². The van der Waals surface area contributed by atoms with Gasteiger partial charge in [0.15, 0.2) is 23.3 Å². The molecule has 1 aliphatic carbocycles. The van der Waals surface area contributed by atoms with E-state index in [2.05, 4.69) is 289 Å². The Balaban J connectivity index is 0.773. The van der Waals surface area contributed by atoms with Crippen LogP contribution in [-0.2, 0) is 5.41 Å². The van der Waals surface area contributed by atoms with Crippen molar-refractivity contribution in [3.05, 3.63) is 333 Å². The molecule has 454 valence electrons. The molecule has 13 aromatic carbocycles. The van der Waals surface area contributed by atoms with E-state index in [9.17, 15) is 0 Å². The van der Waals surface area contributed by atoms with E-state index in [4.69, 9.17) is 24.9 Å². The summed E-state index contributed by atoms with van der Waals surface area (Å²) in [5, 5.41) is 2.34. The van der Waals surface area contributed by atoms with Crippen LogP contribution in [0.1, 0.15) is 25.0 Å². The first-order valence-electron chi connectivity index (χ1n) is 33.2. The van der Waals surface area contributed by atoms with Gasteiger partial charge in [0.2, 0.25) is 0 Å². The third-order valence-electron chi connectivity index (χ3n) is 20.0. The second-order valence-corrected chi connectivity index (χ2v) is 25.9. The lowest BCUT2D eigenvalue weighted by molar-refractivity contribution is 0.661. The molecule has 9 heteroatoms. The number of fused-ring (bicyclic) bond motifs is 10. The molecule has 0 amide bonds. The number of benzene rings is 13. The predicted molar refractivity (Wildman–Crippen MR) is 399 cm³/mol. The fourth-order valence-corrected chi connectivity index (χ4v) is 15.5. The standard InChI is InChI=1S/C88H59BN8/c1-88(2)70-37-17-15-35-65(70)67-53-68-66-36-16-20-40-76(66)97(82(68)54-71(67)88)77-50-47-62(86-93-84(58-27-9-4-10-28-58)92-85(94-86)59-29-11-5-12-30-59)52-69(77)87-90-74(57-25-7-3-8-26-57)55-75(91-87)61-32-23-31-60(51-61)56-45-48-64(49-46-56)96-79-42-22-19-39-73(79)89-72-38-18-21-41-78(72)95(63-33-13-6-14-34-63)80-43-24-44-81(96)83(80)89/h3-55H,1-2H3. The molecule has 0 radical (unpaired) electrons. The smallest absolute Gasteiger partial charge is 0.252 e. The second-order valence-electron chi connectivity index (χ2n) is 25.9. The first kappa shape index (κ1) is 56.0. The average Bonchev–Trinajstić information content (AvgIpc) is 1.05. The van der Waals surface area contributed by atoms with Crippen LogP contribution in [0.5, 0.6) is 0 Å². The van der Waals surface area contributed by atoms with E-state index >= 15 is 0 Å². The molecule has 0 bridgehead atoms. The molecule has 0 saturated heterocycles. The second kappa shape index (κ2) is 22.3. The molecule has 0 fully saturated rings. The highest BCUT2D eigenvalue weighted by molar-refractivity contribution is 7.00. The number of rotatable bonds is 10. The van der Waals surface area contributed by atoms with Gasteiger partial charge in [-0.1, -0.05) is 238 Å². The molecular formula is C88H59BN8. The van der Waals surface area contributed by atoms with Crippen LogP contribution in [0, 0.1) is 0 Å². The van der Waals surface area contributed by atoms with Gasteiger partial charge in [0.25, 0.3) is 6.71 Å². The summed E-state index contributed by atoms with van der Waals surface area (Å²) < 4.78 is 2.43. The zero-order chi connectivity index (χ0) is 64.3. The molecule has 3 aromatic heterocycles. The van der Waals surface area contributed by atoms with Crippen molar-refractivity contribution in [1.29, 1.82) is 0 Å². The van der Waals surface area contributed by atoms with Crippen molar-refractivity contribution in [2.24, 2.45) is 0 Å². The number of nitrogens with zero attached hydrogens (tertiary/aromatic N) is 8. The Kier molecular flexibility index (Phi) is 12.9. The average molecular weight is 1240 g/mol. The summed E-state index contributed by atoms with van der Waals surface area (Å²) in [4.78, 5) is 31.9. The Labute approximate surface area is 562 Å². The fraction of sp³-hybridized carbons (Fsp3) is 0.0341. The van der Waals surface area contributed by atoms with Crippen molar-refractivity contribution in [3.8, 4) is 96.0 Å². The zero-order valence-electron chi connectivity index (χ0n) is 53.3. The number of hydrogen-bond acceptors (Lipinski definition) is 7. The Bertz CT molecular complexity index is 5760. The minimum Gasteiger partial charge on any atom is -0.311 e. The molecule has 0 saturated carbocycles. The maximum Gasteiger partial charge on any atom is 0.252 e. The minimum absolute atomic E-state index is 0.0645. The number of hydrogen-bond donors (Lipinski definition) is 0. The Hall–Kier alpha value is -12.6. The summed E-state index contributed by atoms with van der Waals surface area (Å²) in [7, 11) is 0. The summed E-state index contributed by atoms with van der Waals surface area (Å²) in [5.74, 6) is 2.27. The SMILES string of the molecule is CC1(C)c2ccccc2-c2cc3c4ccccc4n(-c4ccc(-c5nc(-c6ccccc6)nc(-c6ccccc6)n5)cc4-c4nc(-c5ccccc5)cc(-c5cccc(-c6ccc(N7c8ccccc8B8c9ccccc9N(c9ccccc9)c9cccc7c98)cc6)c5)n4)c3cc21. The Morgan fingerprint density at radius 2 is 0.784 bits per heavy atom. The highest BCUT2D eigenvalue weighted by Crippen LogP contribution is 2.52. The van der Waals surface area contributed by atoms with Crippen LogP contribution < -0.4 is 26.2 Å². The number of aromatic nitrogens is 6. The van der Waals surface area contributed by atoms with Crippen molar-refractivity contribution in [2.45, 2.75) is 19.3 Å². The van der Waals surface area contributed by atoms with Crippen LogP contribution in [0.3, 0.4) is 0 Å². The fourth-order valence-electron chi connectivity index (χ4n) is 15.5. The predicted octanol–water partition coefficient (Wildman–Crippen LogP) is 19.8. The van der Waals surface area contributed by atoms with Crippen molar-refractivity contribution in [1.82, 2.24) is 29.5 Å². The largest absolute Gasteiger partial charge is 0.311 e. The van der Waals surface area contributed by atoms with Crippen molar-refractivity contribution >= 4 is 79.0 Å². The lowest BCUT2D eigenvalue weighted by Gasteiger charge is -2.44. The molecule has 5 heterocycles. The van der Waals surface area contributed by atoms with Gasteiger partial charge in [-0.05, 0) is 147 Å². The topological polar surface area (TPSA) is 75.9 Å². The van der Waals surface area contributed by atoms with Crippen molar-refractivity contribution < 1.29 is 0 Å². The lowest BCUT2D eigenvalue weighted by Crippen LogP contribution is -2.61. The Morgan fingerprint density at radius 3 is 1.45 bits per heavy atom. The number of para-hydroxylation sites is 4. The van der Waals surface area contributed by atoms with Gasteiger partial charge in [-0.15, -0.1) is 0 Å². The molecule has 0 N–H and O–H groups in total. The maximum atomic E-state index is 5.73. The molecule has 19 rings (SSSR count). The lowest BCUT2D eigenvalue weighted by atomic mass is 9.33. The normalized spacial score (nSPS) is 13.1. The summed E-state index contributed by atoms with van der Waals surface area (Å²) in [6.07, 6.45) is 0. The summed E-state index contributed by atoms with van der Waals surface area (Å²) >= 11 is 0. The van der Waals surface area contributed by atoms with E-state index < -0.39 is 0 Å². The monoisotopic (exact) mass is 1240 g/mol.